The molecule has 0 aliphatic carbocycles. The van der Waals surface area contributed by atoms with Crippen molar-refractivity contribution in [1.82, 2.24) is 9.97 Å². The third kappa shape index (κ3) is 3.78. The standard InChI is InChI=1S/C18H18N4OS/c1-3-13-6-7-14(21-17-9-12(2)19-11-20-17)10-15(13)22-18(23)16-5-4-8-24-16/h4-11H,3H2,1-2H3,(H,22,23)(H,19,20,21). The molecule has 122 valence electrons. The number of carbonyl (C=O) groups is 1. The molecule has 0 saturated heterocycles. The van der Waals surface area contributed by atoms with E-state index in [1.807, 2.05) is 48.7 Å². The predicted molar refractivity (Wildman–Crippen MR) is 98.1 cm³/mol. The van der Waals surface area contributed by atoms with Crippen LogP contribution in [0.5, 0.6) is 0 Å². The van der Waals surface area contributed by atoms with Crippen molar-refractivity contribution in [3.8, 4) is 0 Å². The topological polar surface area (TPSA) is 66.9 Å². The quantitative estimate of drug-likeness (QED) is 0.723. The summed E-state index contributed by atoms with van der Waals surface area (Å²) in [6, 6.07) is 11.5. The molecule has 6 heteroatoms. The number of rotatable bonds is 5. The van der Waals surface area contributed by atoms with Crippen LogP contribution in [-0.2, 0) is 6.42 Å². The molecule has 2 heterocycles. The molecule has 0 aliphatic rings. The molecule has 2 N–H and O–H groups in total. The highest BCUT2D eigenvalue weighted by Crippen LogP contribution is 2.25. The first kappa shape index (κ1) is 16.1. The summed E-state index contributed by atoms with van der Waals surface area (Å²) in [5.41, 5.74) is 3.66. The van der Waals surface area contributed by atoms with Gasteiger partial charge in [0.15, 0.2) is 0 Å². The molecule has 0 fully saturated rings. The molecule has 1 aromatic carbocycles. The van der Waals surface area contributed by atoms with Crippen molar-refractivity contribution in [1.29, 1.82) is 0 Å². The lowest BCUT2D eigenvalue weighted by Crippen LogP contribution is -2.12. The van der Waals surface area contributed by atoms with Gasteiger partial charge >= 0.3 is 0 Å². The van der Waals surface area contributed by atoms with Crippen LogP contribution in [0.3, 0.4) is 0 Å². The van der Waals surface area contributed by atoms with Crippen molar-refractivity contribution >= 4 is 34.4 Å². The van der Waals surface area contributed by atoms with E-state index in [9.17, 15) is 4.79 Å². The van der Waals surface area contributed by atoms with Crippen molar-refractivity contribution in [2.24, 2.45) is 0 Å². The number of aryl methyl sites for hydroxylation is 2. The summed E-state index contributed by atoms with van der Waals surface area (Å²) in [4.78, 5) is 21.3. The fraction of sp³-hybridized carbons (Fsp3) is 0.167. The summed E-state index contributed by atoms with van der Waals surface area (Å²) in [5, 5.41) is 8.14. The second-order valence-electron chi connectivity index (χ2n) is 5.33. The Hall–Kier alpha value is -2.73. The van der Waals surface area contributed by atoms with Gasteiger partial charge in [0.05, 0.1) is 4.88 Å². The van der Waals surface area contributed by atoms with Gasteiger partial charge in [-0.05, 0) is 42.5 Å². The first-order valence-corrected chi connectivity index (χ1v) is 8.57. The Kier molecular flexibility index (Phi) is 4.86. The lowest BCUT2D eigenvalue weighted by molar-refractivity contribution is 0.103. The summed E-state index contributed by atoms with van der Waals surface area (Å²) < 4.78 is 0. The third-order valence-corrected chi connectivity index (χ3v) is 4.43. The predicted octanol–water partition coefficient (Wildman–Crippen LogP) is 4.40. The van der Waals surface area contributed by atoms with Crippen molar-refractivity contribution in [2.45, 2.75) is 20.3 Å². The van der Waals surface area contributed by atoms with E-state index >= 15 is 0 Å². The number of amides is 1. The van der Waals surface area contributed by atoms with E-state index < -0.39 is 0 Å². The zero-order chi connectivity index (χ0) is 16.9. The van der Waals surface area contributed by atoms with Crippen molar-refractivity contribution in [2.75, 3.05) is 10.6 Å². The molecule has 3 rings (SSSR count). The number of hydrogen-bond donors (Lipinski definition) is 2. The van der Waals surface area contributed by atoms with Gasteiger partial charge in [-0.1, -0.05) is 19.1 Å². The third-order valence-electron chi connectivity index (χ3n) is 3.56. The van der Waals surface area contributed by atoms with E-state index in [0.29, 0.717) is 4.88 Å². The van der Waals surface area contributed by atoms with Crippen LogP contribution in [0.4, 0.5) is 17.2 Å². The van der Waals surface area contributed by atoms with Crippen LogP contribution >= 0.6 is 11.3 Å². The smallest absolute Gasteiger partial charge is 0.265 e. The molecule has 0 spiro atoms. The van der Waals surface area contributed by atoms with Gasteiger partial charge in [0, 0.05) is 23.1 Å². The molecule has 0 bridgehead atoms. The van der Waals surface area contributed by atoms with Gasteiger partial charge in [-0.25, -0.2) is 9.97 Å². The largest absolute Gasteiger partial charge is 0.340 e. The molecule has 0 saturated carbocycles. The van der Waals surface area contributed by atoms with E-state index in [2.05, 4.69) is 27.5 Å². The maximum absolute atomic E-state index is 12.3. The molecule has 0 atom stereocenters. The Morgan fingerprint density at radius 3 is 2.79 bits per heavy atom. The first-order valence-electron chi connectivity index (χ1n) is 7.69. The SMILES string of the molecule is CCc1ccc(Nc2cc(C)ncn2)cc1NC(=O)c1cccs1. The Labute approximate surface area is 144 Å². The monoisotopic (exact) mass is 338 g/mol. The van der Waals surface area contributed by atoms with Crippen LogP contribution in [-0.4, -0.2) is 15.9 Å². The minimum atomic E-state index is -0.0882. The van der Waals surface area contributed by atoms with Gasteiger partial charge in [-0.15, -0.1) is 11.3 Å². The maximum Gasteiger partial charge on any atom is 0.265 e. The lowest BCUT2D eigenvalue weighted by atomic mass is 10.1. The number of thiophene rings is 1. The minimum absolute atomic E-state index is 0.0882. The number of nitrogens with one attached hydrogen (secondary N) is 2. The summed E-state index contributed by atoms with van der Waals surface area (Å²) in [6.07, 6.45) is 2.37. The number of aromatic nitrogens is 2. The van der Waals surface area contributed by atoms with Gasteiger partial charge in [-0.2, -0.15) is 0 Å². The average Bonchev–Trinajstić information content (AvgIpc) is 3.10. The lowest BCUT2D eigenvalue weighted by Gasteiger charge is -2.13. The maximum atomic E-state index is 12.3. The van der Waals surface area contributed by atoms with E-state index in [-0.39, 0.29) is 5.91 Å². The number of hydrogen-bond acceptors (Lipinski definition) is 5. The highest BCUT2D eigenvalue weighted by molar-refractivity contribution is 7.12. The van der Waals surface area contributed by atoms with Crippen LogP contribution in [0.15, 0.2) is 48.1 Å². The van der Waals surface area contributed by atoms with E-state index in [4.69, 9.17) is 0 Å². The Balaban J connectivity index is 1.84. The summed E-state index contributed by atoms with van der Waals surface area (Å²) in [7, 11) is 0. The van der Waals surface area contributed by atoms with Gasteiger partial charge in [0.25, 0.3) is 5.91 Å². The summed E-state index contributed by atoms with van der Waals surface area (Å²) in [5.74, 6) is 0.636. The number of benzene rings is 1. The van der Waals surface area contributed by atoms with Gasteiger partial charge in [0.2, 0.25) is 0 Å². The summed E-state index contributed by atoms with van der Waals surface area (Å²) in [6.45, 7) is 3.98. The molecule has 5 nitrogen and oxygen atoms in total. The fourth-order valence-electron chi connectivity index (χ4n) is 2.34. The van der Waals surface area contributed by atoms with Crippen LogP contribution in [0.2, 0.25) is 0 Å². The van der Waals surface area contributed by atoms with E-state index in [1.54, 1.807) is 0 Å². The number of anilines is 3. The molecule has 24 heavy (non-hydrogen) atoms. The van der Waals surface area contributed by atoms with Crippen LogP contribution in [0.1, 0.15) is 27.9 Å². The average molecular weight is 338 g/mol. The van der Waals surface area contributed by atoms with Gasteiger partial charge in [-0.3, -0.25) is 4.79 Å². The molecule has 0 aliphatic heterocycles. The minimum Gasteiger partial charge on any atom is -0.340 e. The molecular weight excluding hydrogens is 320 g/mol. The Bertz CT molecular complexity index is 846. The highest BCUT2D eigenvalue weighted by atomic mass is 32.1. The van der Waals surface area contributed by atoms with Crippen molar-refractivity contribution in [3.63, 3.8) is 0 Å². The second kappa shape index (κ2) is 7.23. The fourth-order valence-corrected chi connectivity index (χ4v) is 2.96. The normalized spacial score (nSPS) is 10.4. The molecule has 0 unspecified atom stereocenters. The van der Waals surface area contributed by atoms with E-state index in [0.717, 1.165) is 34.9 Å². The number of carbonyl (C=O) groups excluding carboxylic acids is 1. The van der Waals surface area contributed by atoms with Gasteiger partial charge < -0.3 is 10.6 Å². The molecule has 3 aromatic rings. The Morgan fingerprint density at radius 1 is 1.21 bits per heavy atom. The molecule has 0 radical (unpaired) electrons. The zero-order valence-electron chi connectivity index (χ0n) is 13.5. The van der Waals surface area contributed by atoms with Crippen LogP contribution in [0.25, 0.3) is 0 Å². The molecule has 1 amide bonds. The first-order chi connectivity index (χ1) is 11.7. The Morgan fingerprint density at radius 2 is 2.08 bits per heavy atom. The van der Waals surface area contributed by atoms with Crippen molar-refractivity contribution < 1.29 is 4.79 Å². The highest BCUT2D eigenvalue weighted by Gasteiger charge is 2.10. The van der Waals surface area contributed by atoms with Gasteiger partial charge in [0.1, 0.15) is 12.1 Å². The number of nitrogens with zero attached hydrogens (tertiary/aromatic N) is 2. The van der Waals surface area contributed by atoms with Crippen LogP contribution < -0.4 is 10.6 Å². The summed E-state index contributed by atoms with van der Waals surface area (Å²) >= 11 is 1.43. The molecule has 2 aromatic heterocycles. The zero-order valence-corrected chi connectivity index (χ0v) is 14.4. The van der Waals surface area contributed by atoms with Crippen molar-refractivity contribution in [3.05, 3.63) is 64.2 Å². The van der Waals surface area contributed by atoms with Crippen LogP contribution in [0, 0.1) is 6.92 Å². The van der Waals surface area contributed by atoms with E-state index in [1.165, 1.54) is 17.7 Å². The molecular formula is C18H18N4OS. The second-order valence-corrected chi connectivity index (χ2v) is 6.27.